The quantitative estimate of drug-likeness (QED) is 0.205. The van der Waals surface area contributed by atoms with Crippen molar-refractivity contribution in [2.45, 2.75) is 80.4 Å². The Hall–Kier alpha value is -2.19. The van der Waals surface area contributed by atoms with Crippen molar-refractivity contribution in [2.75, 3.05) is 6.61 Å². The summed E-state index contributed by atoms with van der Waals surface area (Å²) >= 11 is 0. The van der Waals surface area contributed by atoms with Crippen molar-refractivity contribution >= 4 is 10.9 Å². The summed E-state index contributed by atoms with van der Waals surface area (Å²) < 4.78 is 6.24. The van der Waals surface area contributed by atoms with Crippen LogP contribution in [0.2, 0.25) is 0 Å². The van der Waals surface area contributed by atoms with Crippen LogP contribution in [-0.2, 0) is 10.9 Å². The molecule has 0 aliphatic rings. The third kappa shape index (κ3) is 6.90. The minimum Gasteiger partial charge on any atom is -0.493 e. The van der Waals surface area contributed by atoms with Crippen LogP contribution >= 0.6 is 0 Å². The van der Waals surface area contributed by atoms with E-state index in [0.717, 1.165) is 18.8 Å². The lowest BCUT2D eigenvalue weighted by molar-refractivity contribution is 0.300. The van der Waals surface area contributed by atoms with E-state index in [2.05, 4.69) is 93.6 Å². The Morgan fingerprint density at radius 2 is 1.10 bits per heavy atom. The molecular formula is C29H37OS+. The van der Waals surface area contributed by atoms with Gasteiger partial charge in [0.1, 0.15) is 5.75 Å². The third-order valence-electron chi connectivity index (χ3n) is 5.62. The van der Waals surface area contributed by atoms with Crippen LogP contribution in [0.1, 0.15) is 63.0 Å². The van der Waals surface area contributed by atoms with Gasteiger partial charge in [0, 0.05) is 12.1 Å². The summed E-state index contributed by atoms with van der Waals surface area (Å²) in [7, 11) is -0.112. The summed E-state index contributed by atoms with van der Waals surface area (Å²) in [5.41, 5.74) is 2.48. The highest BCUT2D eigenvalue weighted by Gasteiger charge is 2.29. The molecule has 164 valence electrons. The molecule has 0 atom stereocenters. The standard InChI is InChI=1S/C29H37OS/c1-4-5-6-7-8-9-16-21-30-29-24(2)22-28(23-25(29)3)31(26-17-12-10-13-18-26)27-19-14-11-15-20-27/h10-15,17-20,22-23H,4-9,16,21H2,1-3H3/q+1. The maximum Gasteiger partial charge on any atom is 0.167 e. The molecule has 31 heavy (non-hydrogen) atoms. The number of rotatable bonds is 12. The summed E-state index contributed by atoms with van der Waals surface area (Å²) in [6, 6.07) is 26.4. The Balaban J connectivity index is 1.70. The maximum absolute atomic E-state index is 6.24. The van der Waals surface area contributed by atoms with Crippen molar-refractivity contribution in [1.29, 1.82) is 0 Å². The highest BCUT2D eigenvalue weighted by atomic mass is 32.2. The first-order valence-electron chi connectivity index (χ1n) is 11.8. The minimum atomic E-state index is -0.112. The van der Waals surface area contributed by atoms with Crippen LogP contribution in [0.25, 0.3) is 0 Å². The molecule has 0 spiro atoms. The topological polar surface area (TPSA) is 9.23 Å². The van der Waals surface area contributed by atoms with Crippen LogP contribution in [0, 0.1) is 13.8 Å². The number of aryl methyl sites for hydroxylation is 2. The number of unbranched alkanes of at least 4 members (excludes halogenated alkanes) is 6. The molecule has 0 fully saturated rings. The molecule has 0 amide bonds. The predicted octanol–water partition coefficient (Wildman–Crippen LogP) is 8.53. The van der Waals surface area contributed by atoms with Gasteiger partial charge in [-0.05, 0) is 55.7 Å². The molecule has 0 saturated carbocycles. The molecule has 2 heteroatoms. The Kier molecular flexibility index (Phi) is 9.55. The van der Waals surface area contributed by atoms with Crippen LogP contribution in [0.3, 0.4) is 0 Å². The fraction of sp³-hybridized carbons (Fsp3) is 0.379. The van der Waals surface area contributed by atoms with Gasteiger partial charge in [0.05, 0.1) is 17.5 Å². The molecule has 0 bridgehead atoms. The summed E-state index contributed by atoms with van der Waals surface area (Å²) in [4.78, 5) is 4.06. The fourth-order valence-electron chi connectivity index (χ4n) is 4.01. The average molecular weight is 434 g/mol. The van der Waals surface area contributed by atoms with Crippen LogP contribution in [0.4, 0.5) is 0 Å². The lowest BCUT2D eigenvalue weighted by Gasteiger charge is -2.15. The first-order chi connectivity index (χ1) is 15.2. The molecule has 0 aliphatic carbocycles. The first-order valence-corrected chi connectivity index (χ1v) is 13.0. The number of hydrogen-bond donors (Lipinski definition) is 0. The molecule has 0 heterocycles. The molecule has 0 saturated heterocycles. The van der Waals surface area contributed by atoms with Crippen LogP contribution in [0.5, 0.6) is 5.75 Å². The van der Waals surface area contributed by atoms with Crippen LogP contribution in [0.15, 0.2) is 87.5 Å². The van der Waals surface area contributed by atoms with Gasteiger partial charge in [-0.3, -0.25) is 0 Å². The Labute approximate surface area is 192 Å². The van der Waals surface area contributed by atoms with Crippen LogP contribution < -0.4 is 4.74 Å². The Morgan fingerprint density at radius 3 is 1.61 bits per heavy atom. The van der Waals surface area contributed by atoms with Crippen molar-refractivity contribution in [2.24, 2.45) is 0 Å². The highest BCUT2D eigenvalue weighted by Crippen LogP contribution is 2.35. The molecule has 0 N–H and O–H groups in total. The molecule has 1 nitrogen and oxygen atoms in total. The molecule has 0 radical (unpaired) electrons. The van der Waals surface area contributed by atoms with Crippen molar-refractivity contribution in [3.05, 3.63) is 83.9 Å². The molecule has 0 aliphatic heterocycles. The summed E-state index contributed by atoms with van der Waals surface area (Å²) in [5, 5.41) is 0. The van der Waals surface area contributed by atoms with Gasteiger partial charge >= 0.3 is 0 Å². The summed E-state index contributed by atoms with van der Waals surface area (Å²) in [6.45, 7) is 7.46. The SMILES string of the molecule is CCCCCCCCCOc1c(C)cc([S+](c2ccccc2)c2ccccc2)cc1C. The van der Waals surface area contributed by atoms with Gasteiger partial charge in [0.2, 0.25) is 0 Å². The maximum atomic E-state index is 6.24. The lowest BCUT2D eigenvalue weighted by atomic mass is 10.1. The second kappa shape index (κ2) is 12.6. The third-order valence-corrected chi connectivity index (χ3v) is 7.82. The van der Waals surface area contributed by atoms with E-state index in [0.29, 0.717) is 0 Å². The number of benzene rings is 3. The second-order valence-electron chi connectivity index (χ2n) is 8.29. The minimum absolute atomic E-state index is 0.112. The zero-order valence-corrected chi connectivity index (χ0v) is 20.2. The number of hydrogen-bond acceptors (Lipinski definition) is 1. The molecule has 3 rings (SSSR count). The summed E-state index contributed by atoms with van der Waals surface area (Å²) in [5.74, 6) is 1.07. The lowest BCUT2D eigenvalue weighted by Crippen LogP contribution is -2.07. The van der Waals surface area contributed by atoms with Gasteiger partial charge in [-0.1, -0.05) is 81.8 Å². The van der Waals surface area contributed by atoms with E-state index in [9.17, 15) is 0 Å². The predicted molar refractivity (Wildman–Crippen MR) is 134 cm³/mol. The number of ether oxygens (including phenoxy) is 1. The van der Waals surface area contributed by atoms with E-state index in [1.807, 2.05) is 0 Å². The van der Waals surface area contributed by atoms with Crippen molar-refractivity contribution < 1.29 is 4.74 Å². The van der Waals surface area contributed by atoms with Crippen molar-refractivity contribution in [1.82, 2.24) is 0 Å². The molecule has 3 aromatic rings. The highest BCUT2D eigenvalue weighted by molar-refractivity contribution is 7.97. The fourth-order valence-corrected chi connectivity index (χ4v) is 6.28. The smallest absolute Gasteiger partial charge is 0.167 e. The normalized spacial score (nSPS) is 11.1. The average Bonchev–Trinajstić information content (AvgIpc) is 2.79. The Morgan fingerprint density at radius 1 is 0.613 bits per heavy atom. The molecule has 3 aromatic carbocycles. The zero-order chi connectivity index (χ0) is 21.9. The van der Waals surface area contributed by atoms with E-state index in [1.54, 1.807) is 0 Å². The van der Waals surface area contributed by atoms with Gasteiger partial charge in [-0.15, -0.1) is 0 Å². The van der Waals surface area contributed by atoms with E-state index >= 15 is 0 Å². The van der Waals surface area contributed by atoms with E-state index in [1.165, 1.54) is 64.3 Å². The largest absolute Gasteiger partial charge is 0.493 e. The van der Waals surface area contributed by atoms with Gasteiger partial charge in [-0.2, -0.15) is 0 Å². The first kappa shape index (κ1) is 23.5. The molecule has 0 aromatic heterocycles. The zero-order valence-electron chi connectivity index (χ0n) is 19.4. The van der Waals surface area contributed by atoms with Gasteiger partial charge in [-0.25, -0.2) is 0 Å². The molecule has 0 unspecified atom stereocenters. The second-order valence-corrected chi connectivity index (χ2v) is 10.3. The Bertz CT molecular complexity index is 842. The van der Waals surface area contributed by atoms with Gasteiger partial charge in [0.15, 0.2) is 14.7 Å². The van der Waals surface area contributed by atoms with E-state index < -0.39 is 0 Å². The van der Waals surface area contributed by atoms with Gasteiger partial charge in [0.25, 0.3) is 0 Å². The van der Waals surface area contributed by atoms with Crippen molar-refractivity contribution in [3.8, 4) is 5.75 Å². The monoisotopic (exact) mass is 433 g/mol. The van der Waals surface area contributed by atoms with Crippen molar-refractivity contribution in [3.63, 3.8) is 0 Å². The van der Waals surface area contributed by atoms with Gasteiger partial charge < -0.3 is 4.74 Å². The summed E-state index contributed by atoms with van der Waals surface area (Å²) in [6.07, 6.45) is 9.17. The van der Waals surface area contributed by atoms with E-state index in [-0.39, 0.29) is 10.9 Å². The molecular weight excluding hydrogens is 396 g/mol. The van der Waals surface area contributed by atoms with E-state index in [4.69, 9.17) is 4.74 Å². The van der Waals surface area contributed by atoms with Crippen LogP contribution in [-0.4, -0.2) is 6.61 Å².